The van der Waals surface area contributed by atoms with Crippen molar-refractivity contribution in [2.75, 3.05) is 25.0 Å². The lowest BCUT2D eigenvalue weighted by Crippen LogP contribution is -2.30. The van der Waals surface area contributed by atoms with Crippen LogP contribution in [-0.4, -0.2) is 48.5 Å². The zero-order valence-electron chi connectivity index (χ0n) is 17.5. The van der Waals surface area contributed by atoms with Crippen LogP contribution in [0, 0.1) is 0 Å². The van der Waals surface area contributed by atoms with E-state index in [0.717, 1.165) is 0 Å². The van der Waals surface area contributed by atoms with E-state index in [1.807, 2.05) is 13.8 Å². The minimum absolute atomic E-state index is 0.0772. The van der Waals surface area contributed by atoms with Gasteiger partial charge in [-0.05, 0) is 63.2 Å². The molecular weight excluding hydrogens is 443 g/mol. The van der Waals surface area contributed by atoms with Gasteiger partial charge in [-0.25, -0.2) is 4.79 Å². The van der Waals surface area contributed by atoms with Gasteiger partial charge in [-0.3, -0.25) is 9.59 Å². The summed E-state index contributed by atoms with van der Waals surface area (Å²) in [6.07, 6.45) is -0.975. The third kappa shape index (κ3) is 7.15. The summed E-state index contributed by atoms with van der Waals surface area (Å²) in [6, 6.07) is 11.1. The van der Waals surface area contributed by atoms with Gasteiger partial charge in [0.1, 0.15) is 5.75 Å². The Kier molecular flexibility index (Phi) is 9.15. The number of ether oxygens (including phenoxy) is 2. The number of anilines is 1. The number of rotatable bonds is 9. The molecule has 2 aromatic carbocycles. The van der Waals surface area contributed by atoms with Crippen LogP contribution in [0.1, 0.15) is 31.1 Å². The van der Waals surface area contributed by atoms with Gasteiger partial charge < -0.3 is 19.7 Å². The van der Waals surface area contributed by atoms with Gasteiger partial charge >= 0.3 is 5.97 Å². The summed E-state index contributed by atoms with van der Waals surface area (Å²) in [5, 5.41) is 3.30. The Labute approximate surface area is 191 Å². The Hall–Kier alpha value is -2.77. The van der Waals surface area contributed by atoms with E-state index >= 15 is 0 Å². The van der Waals surface area contributed by atoms with Crippen LogP contribution in [0.4, 0.5) is 5.69 Å². The standard InChI is InChI=1S/C22H24Cl2N2O5/c1-4-26(5-2)21(28)15-6-9-17(10-7-15)25-20(27)13-30-22(29)14(3)31-19-11-8-16(23)12-18(19)24/h6-12,14H,4-5,13H2,1-3H3,(H,25,27). The van der Waals surface area contributed by atoms with E-state index < -0.39 is 24.6 Å². The summed E-state index contributed by atoms with van der Waals surface area (Å²) in [5.41, 5.74) is 1.01. The van der Waals surface area contributed by atoms with Crippen LogP contribution in [0.25, 0.3) is 0 Å². The first-order valence-corrected chi connectivity index (χ1v) is 10.5. The number of benzene rings is 2. The lowest BCUT2D eigenvalue weighted by atomic mass is 10.2. The topological polar surface area (TPSA) is 84.9 Å². The van der Waals surface area contributed by atoms with Crippen LogP contribution < -0.4 is 10.1 Å². The zero-order chi connectivity index (χ0) is 23.0. The molecule has 1 N–H and O–H groups in total. The normalized spacial score (nSPS) is 11.4. The van der Waals surface area contributed by atoms with E-state index in [-0.39, 0.29) is 16.7 Å². The SMILES string of the molecule is CCN(CC)C(=O)c1ccc(NC(=O)COC(=O)C(C)Oc2ccc(Cl)cc2Cl)cc1. The molecule has 0 fully saturated rings. The number of nitrogens with one attached hydrogen (secondary N) is 1. The lowest BCUT2D eigenvalue weighted by Gasteiger charge is -2.18. The highest BCUT2D eigenvalue weighted by atomic mass is 35.5. The second kappa shape index (κ2) is 11.6. The molecule has 0 aromatic heterocycles. The van der Waals surface area contributed by atoms with Crippen molar-refractivity contribution in [3.63, 3.8) is 0 Å². The maximum atomic E-state index is 12.3. The van der Waals surface area contributed by atoms with E-state index in [2.05, 4.69) is 5.32 Å². The molecule has 7 nitrogen and oxygen atoms in total. The number of hydrogen-bond acceptors (Lipinski definition) is 5. The molecule has 0 radical (unpaired) electrons. The molecule has 2 rings (SSSR count). The highest BCUT2D eigenvalue weighted by Gasteiger charge is 2.19. The minimum Gasteiger partial charge on any atom is -0.477 e. The van der Waals surface area contributed by atoms with Crippen molar-refractivity contribution in [3.8, 4) is 5.75 Å². The fourth-order valence-corrected chi connectivity index (χ4v) is 3.10. The van der Waals surface area contributed by atoms with E-state index in [1.54, 1.807) is 35.2 Å². The van der Waals surface area contributed by atoms with Gasteiger partial charge in [0.15, 0.2) is 12.7 Å². The molecule has 0 aliphatic rings. The largest absolute Gasteiger partial charge is 0.477 e. The minimum atomic E-state index is -0.975. The molecule has 0 saturated carbocycles. The maximum absolute atomic E-state index is 12.3. The molecular formula is C22H24Cl2N2O5. The maximum Gasteiger partial charge on any atom is 0.347 e. The summed E-state index contributed by atoms with van der Waals surface area (Å²) < 4.78 is 10.4. The number of esters is 1. The third-order valence-electron chi connectivity index (χ3n) is 4.34. The van der Waals surface area contributed by atoms with Gasteiger partial charge in [-0.1, -0.05) is 23.2 Å². The van der Waals surface area contributed by atoms with Crippen molar-refractivity contribution < 1.29 is 23.9 Å². The first kappa shape index (κ1) is 24.5. The summed E-state index contributed by atoms with van der Waals surface area (Å²) in [7, 11) is 0. The zero-order valence-corrected chi connectivity index (χ0v) is 19.0. The van der Waals surface area contributed by atoms with Crippen molar-refractivity contribution in [1.82, 2.24) is 4.90 Å². The Morgan fingerprint density at radius 2 is 1.68 bits per heavy atom. The van der Waals surface area contributed by atoms with Crippen LogP contribution in [0.2, 0.25) is 10.0 Å². The number of carbonyl (C=O) groups is 3. The molecule has 0 spiro atoms. The first-order valence-electron chi connectivity index (χ1n) is 9.72. The second-order valence-electron chi connectivity index (χ2n) is 6.55. The van der Waals surface area contributed by atoms with Crippen LogP contribution in [0.15, 0.2) is 42.5 Å². The smallest absolute Gasteiger partial charge is 0.347 e. The van der Waals surface area contributed by atoms with Gasteiger partial charge in [0.2, 0.25) is 0 Å². The van der Waals surface area contributed by atoms with Crippen LogP contribution in [0.3, 0.4) is 0 Å². The average molecular weight is 467 g/mol. The Morgan fingerprint density at radius 1 is 1.03 bits per heavy atom. The van der Waals surface area contributed by atoms with Gasteiger partial charge in [-0.2, -0.15) is 0 Å². The molecule has 0 aliphatic heterocycles. The molecule has 2 amide bonds. The molecule has 166 valence electrons. The Bertz CT molecular complexity index is 930. The lowest BCUT2D eigenvalue weighted by molar-refractivity contribution is -0.153. The van der Waals surface area contributed by atoms with Crippen molar-refractivity contribution in [1.29, 1.82) is 0 Å². The summed E-state index contributed by atoms with van der Waals surface area (Å²) in [4.78, 5) is 38.2. The van der Waals surface area contributed by atoms with Crippen LogP contribution in [-0.2, 0) is 14.3 Å². The van der Waals surface area contributed by atoms with Crippen molar-refractivity contribution in [2.24, 2.45) is 0 Å². The molecule has 0 bridgehead atoms. The number of halogens is 2. The second-order valence-corrected chi connectivity index (χ2v) is 7.39. The van der Waals surface area contributed by atoms with Crippen molar-refractivity contribution >= 4 is 46.7 Å². The van der Waals surface area contributed by atoms with Crippen LogP contribution in [0.5, 0.6) is 5.75 Å². The fraction of sp³-hybridized carbons (Fsp3) is 0.318. The molecule has 1 unspecified atom stereocenters. The van der Waals surface area contributed by atoms with Crippen molar-refractivity contribution in [3.05, 3.63) is 58.1 Å². The van der Waals surface area contributed by atoms with Crippen LogP contribution >= 0.6 is 23.2 Å². The molecule has 0 aliphatic carbocycles. The van der Waals surface area contributed by atoms with E-state index in [9.17, 15) is 14.4 Å². The van der Waals surface area contributed by atoms with Gasteiger partial charge in [0.05, 0.1) is 5.02 Å². The van der Waals surface area contributed by atoms with Gasteiger partial charge in [0.25, 0.3) is 11.8 Å². The highest BCUT2D eigenvalue weighted by Crippen LogP contribution is 2.28. The average Bonchev–Trinajstić information content (AvgIpc) is 2.75. The number of hydrogen-bond donors (Lipinski definition) is 1. The number of nitrogens with zero attached hydrogens (tertiary/aromatic N) is 1. The molecule has 0 saturated heterocycles. The highest BCUT2D eigenvalue weighted by molar-refractivity contribution is 6.35. The van der Waals surface area contributed by atoms with E-state index in [0.29, 0.717) is 29.4 Å². The summed E-state index contributed by atoms with van der Waals surface area (Å²) >= 11 is 11.8. The number of amides is 2. The molecule has 0 heterocycles. The Balaban J connectivity index is 1.84. The summed E-state index contributed by atoms with van der Waals surface area (Å²) in [5.74, 6) is -1.04. The first-order chi connectivity index (χ1) is 14.7. The summed E-state index contributed by atoms with van der Waals surface area (Å²) in [6.45, 7) is 6.05. The fourth-order valence-electron chi connectivity index (χ4n) is 2.65. The van der Waals surface area contributed by atoms with E-state index in [4.69, 9.17) is 32.7 Å². The molecule has 9 heteroatoms. The number of carbonyl (C=O) groups excluding carboxylic acids is 3. The third-order valence-corrected chi connectivity index (χ3v) is 4.87. The van der Waals surface area contributed by atoms with Gasteiger partial charge in [0, 0.05) is 29.4 Å². The predicted molar refractivity (Wildman–Crippen MR) is 120 cm³/mol. The van der Waals surface area contributed by atoms with Gasteiger partial charge in [-0.15, -0.1) is 0 Å². The quantitative estimate of drug-likeness (QED) is 0.552. The Morgan fingerprint density at radius 3 is 2.26 bits per heavy atom. The molecule has 31 heavy (non-hydrogen) atoms. The van der Waals surface area contributed by atoms with Crippen molar-refractivity contribution in [2.45, 2.75) is 26.9 Å². The monoisotopic (exact) mass is 466 g/mol. The molecule has 2 aromatic rings. The predicted octanol–water partition coefficient (Wildman–Crippen LogP) is 4.42. The molecule has 1 atom stereocenters. The van der Waals surface area contributed by atoms with E-state index in [1.165, 1.54) is 19.1 Å².